The highest BCUT2D eigenvalue weighted by Gasteiger charge is 2.65. The maximum Gasteiger partial charge on any atom is 0.345 e. The van der Waals surface area contributed by atoms with E-state index in [1.54, 1.807) is 48.5 Å². The number of phenolic OH excluding ortho intramolecular Hbond substituents is 8. The van der Waals surface area contributed by atoms with E-state index in [2.05, 4.69) is 75.9 Å². The predicted molar refractivity (Wildman–Crippen MR) is 517 cm³/mol. The molecule has 8 aromatic rings. The van der Waals surface area contributed by atoms with E-state index in [0.29, 0.717) is 35.5 Å². The number of esters is 8. The molecule has 8 aromatic carbocycles. The van der Waals surface area contributed by atoms with Crippen LogP contribution in [0.15, 0.2) is 174 Å². The molecule has 27 rings (SSSR count). The molecule has 736 valence electrons. The molecule has 141 heavy (non-hydrogen) atoms. The lowest BCUT2D eigenvalue weighted by molar-refractivity contribution is -0.207. The molecule has 12 fully saturated rings. The van der Waals surface area contributed by atoms with Crippen LogP contribution < -0.4 is 18.9 Å². The minimum Gasteiger partial charge on any atom is -0.507 e. The fraction of sp³-hybridized carbons (Fsp3) is 0.431. The second-order valence-electron chi connectivity index (χ2n) is 41.3. The summed E-state index contributed by atoms with van der Waals surface area (Å²) in [5.74, 6) is -12.3. The van der Waals surface area contributed by atoms with Gasteiger partial charge in [0.1, 0.15) is 91.4 Å². The number of benzene rings is 8. The van der Waals surface area contributed by atoms with Gasteiger partial charge in [-0.2, -0.15) is 0 Å². The monoisotopic (exact) mass is 2180 g/mol. The Kier molecular flexibility index (Phi) is 25.0. The predicted octanol–water partition coefficient (Wildman–Crippen LogP) is 18.7. The number of carbonyl (C=O) groups is 8. The number of hydrogen-bond acceptors (Lipinski definition) is 28. The number of rotatable bonds is 28. The van der Waals surface area contributed by atoms with Crippen molar-refractivity contribution < 1.29 is 136 Å². The Bertz CT molecular complexity index is 6370. The first-order chi connectivity index (χ1) is 67.4. The molecular weight excluding hydrogens is 2080 g/mol. The summed E-state index contributed by atoms with van der Waals surface area (Å²) in [6, 6.07) is 28.3. The molecule has 13 unspecified atom stereocenters. The zero-order valence-electron chi connectivity index (χ0n) is 77.4. The molecular formula is C109H104Br4O28. The second-order valence-corrected chi connectivity index (χ2v) is 44.7. The fourth-order valence-corrected chi connectivity index (χ4v) is 28.5. The Balaban J connectivity index is 0.641. The summed E-state index contributed by atoms with van der Waals surface area (Å²) in [7, 11) is 0. The van der Waals surface area contributed by atoms with Crippen LogP contribution in [-0.2, 0) is 76.3 Å². The van der Waals surface area contributed by atoms with Gasteiger partial charge >= 0.3 is 47.8 Å². The SMILES string of the molecule is CC1(OC(=O)COC(=O)COc2ccc(C3c4cc(c(O)cc4O)C(c4ccc(OCC(=O)OCC(=O)OC5(C)C6CC7CC(C6)CC5C7)c(Br)c4)c4cc(c(O)cc4O)C(c4ccc(OCC(=O)OCC(=O)OC5(C)C6CC7CC=C6C5C7)c(Br)c4)c4cc(c(O)cc4O)C(c4ccc(OCC(=O)OCC(=O)OC5(C)C6CC=C7C(C6)CC75)c(Br)c4)c4cc3c(O)cc4O)cc2Br)C=C2C3CC2CC1C3. The van der Waals surface area contributed by atoms with Gasteiger partial charge in [-0.25, -0.2) is 38.4 Å². The van der Waals surface area contributed by atoms with Crippen LogP contribution in [0.5, 0.6) is 69.0 Å². The summed E-state index contributed by atoms with van der Waals surface area (Å²) in [6.07, 6.45) is 20.2. The highest BCUT2D eigenvalue weighted by Crippen LogP contribution is 2.67. The molecule has 8 N–H and O–H groups in total. The van der Waals surface area contributed by atoms with Crippen molar-refractivity contribution in [2.24, 2.45) is 76.9 Å². The van der Waals surface area contributed by atoms with Crippen LogP contribution in [0.2, 0.25) is 0 Å². The Morgan fingerprint density at radius 2 is 0.589 bits per heavy atom. The summed E-state index contributed by atoms with van der Waals surface area (Å²) < 4.78 is 71.0. The third-order valence-corrected chi connectivity index (χ3v) is 35.7. The average molecular weight is 2180 g/mol. The van der Waals surface area contributed by atoms with E-state index < -0.39 is 193 Å². The van der Waals surface area contributed by atoms with Crippen LogP contribution >= 0.6 is 63.7 Å². The number of fused-ring (bicyclic) bond motifs is 11. The molecule has 24 bridgehead atoms. The van der Waals surface area contributed by atoms with Crippen LogP contribution in [0.3, 0.4) is 0 Å². The Hall–Kier alpha value is -11.7. The average Bonchev–Trinajstić information content (AvgIpc) is 0.691. The summed E-state index contributed by atoms with van der Waals surface area (Å²) in [4.78, 5) is 108. The summed E-state index contributed by atoms with van der Waals surface area (Å²) in [6.45, 7) is 2.24. The van der Waals surface area contributed by atoms with Crippen LogP contribution in [-0.4, -0.2) is 164 Å². The molecule has 19 aliphatic carbocycles. The van der Waals surface area contributed by atoms with Gasteiger partial charge in [0.15, 0.2) is 52.9 Å². The van der Waals surface area contributed by atoms with Gasteiger partial charge in [-0.05, 0) is 330 Å². The molecule has 0 saturated heterocycles. The molecule has 19 aliphatic rings. The van der Waals surface area contributed by atoms with E-state index in [9.17, 15) is 79.2 Å². The number of ether oxygens (including phenoxy) is 12. The maximum absolute atomic E-state index is 13.6. The number of phenols is 8. The lowest BCUT2D eigenvalue weighted by atomic mass is 9.46. The first-order valence-corrected chi connectivity index (χ1v) is 51.1. The minimum absolute atomic E-state index is 0.0652. The van der Waals surface area contributed by atoms with Crippen molar-refractivity contribution in [2.45, 2.75) is 164 Å². The van der Waals surface area contributed by atoms with Gasteiger partial charge in [-0.1, -0.05) is 53.1 Å². The van der Waals surface area contributed by atoms with Gasteiger partial charge < -0.3 is 97.7 Å². The van der Waals surface area contributed by atoms with Crippen molar-refractivity contribution in [1.82, 2.24) is 0 Å². The number of hydrogen-bond donors (Lipinski definition) is 8. The standard InChI is InChI=1S/C109H104Br4O28/c1-106(41-74-57-24-58(74)27-61(106)26-57)138-98(126)46-134-94(122)42-130-90-13-6-53(29-78(90)110)102-66-33-68(84(116)37-82(66)114)103(54-7-14-91(79(111)30-54)131-43-95(123)135-47-99(127)139-107(2)62-18-51-17-52(20-62)21-63(107)19-51)69-35-72(88(120)39-85(69)117)105(56-9-16-93(81(113)32-56)133-45-97(125)137-49-101(129)141-109(4)75-22-50-5-11-65(75)76(109)23-50)73-36-71(87(119)40-89(73)121)104(70-34-67(102)83(115)38-86(70)118)55-8-15-92(80(112)31-55)132-44-96(124)136-48-100(128)140-108(3)60-10-12-64-59(25-60)28-77(64)108/h6-9,11-16,29-41,50-52,57-63,75-77,102-105,114-121H,5,10,17-28,42-49H2,1-4H3. The van der Waals surface area contributed by atoms with Crippen LogP contribution in [0.1, 0.15) is 208 Å². The maximum atomic E-state index is 13.6. The van der Waals surface area contributed by atoms with Crippen molar-refractivity contribution in [3.8, 4) is 69.0 Å². The quantitative estimate of drug-likeness (QED) is 0.0128. The molecule has 0 spiro atoms. The van der Waals surface area contributed by atoms with Crippen molar-refractivity contribution >= 4 is 111 Å². The molecule has 0 aromatic heterocycles. The molecule has 28 nitrogen and oxygen atoms in total. The largest absolute Gasteiger partial charge is 0.507 e. The first-order valence-electron chi connectivity index (χ1n) is 48.0. The number of halogens is 4. The molecule has 32 heteroatoms. The van der Waals surface area contributed by atoms with Gasteiger partial charge in [-0.3, -0.25) is 0 Å². The van der Waals surface area contributed by atoms with Gasteiger partial charge in [-0.15, -0.1) is 0 Å². The number of aromatic hydroxyl groups is 8. The summed E-state index contributed by atoms with van der Waals surface area (Å²) in [5.41, 5.74) is 1.33. The second kappa shape index (κ2) is 36.9. The van der Waals surface area contributed by atoms with Gasteiger partial charge in [0, 0.05) is 122 Å². The smallest absolute Gasteiger partial charge is 0.345 e. The van der Waals surface area contributed by atoms with E-state index in [1.165, 1.54) is 71.7 Å². The third kappa shape index (κ3) is 17.6. The van der Waals surface area contributed by atoms with Crippen molar-refractivity contribution in [1.29, 1.82) is 0 Å². The van der Waals surface area contributed by atoms with E-state index in [-0.39, 0.29) is 149 Å². The first kappa shape index (κ1) is 95.4. The zero-order valence-corrected chi connectivity index (χ0v) is 83.7. The van der Waals surface area contributed by atoms with E-state index in [4.69, 9.17) is 56.8 Å². The lowest BCUT2D eigenvalue weighted by Crippen LogP contribution is -2.63. The van der Waals surface area contributed by atoms with Crippen molar-refractivity contribution in [3.05, 3.63) is 241 Å². The van der Waals surface area contributed by atoms with Gasteiger partial charge in [0.2, 0.25) is 0 Å². The lowest BCUT2D eigenvalue weighted by Gasteiger charge is -2.62. The molecule has 0 heterocycles. The minimum atomic E-state index is -1.45. The summed E-state index contributed by atoms with van der Waals surface area (Å²) >= 11 is 14.6. The molecule has 0 amide bonds. The van der Waals surface area contributed by atoms with E-state index in [1.807, 2.05) is 33.8 Å². The van der Waals surface area contributed by atoms with Crippen molar-refractivity contribution in [3.63, 3.8) is 0 Å². The Morgan fingerprint density at radius 1 is 0.284 bits per heavy atom. The van der Waals surface area contributed by atoms with Crippen LogP contribution in [0.25, 0.3) is 0 Å². The van der Waals surface area contributed by atoms with Crippen LogP contribution in [0.4, 0.5) is 0 Å². The highest BCUT2D eigenvalue weighted by atomic mass is 79.9. The normalized spacial score (nSPS) is 29.4. The highest BCUT2D eigenvalue weighted by molar-refractivity contribution is 9.11. The number of carbonyl (C=O) groups excluding carboxylic acids is 8. The van der Waals surface area contributed by atoms with Crippen molar-refractivity contribution in [2.75, 3.05) is 52.9 Å². The zero-order chi connectivity index (χ0) is 98.6. The molecule has 13 atom stereocenters. The van der Waals surface area contributed by atoms with E-state index >= 15 is 0 Å². The Morgan fingerprint density at radius 3 is 0.887 bits per heavy atom. The van der Waals surface area contributed by atoms with Gasteiger partial charge in [0.25, 0.3) is 0 Å². The molecule has 0 aliphatic heterocycles. The molecule has 0 radical (unpaired) electrons. The van der Waals surface area contributed by atoms with Gasteiger partial charge in [0.05, 0.1) is 17.9 Å². The van der Waals surface area contributed by atoms with Crippen LogP contribution in [0, 0.1) is 76.9 Å². The fourth-order valence-electron chi connectivity index (χ4n) is 26.5. The topological polar surface area (TPSA) is 409 Å². The third-order valence-electron chi connectivity index (χ3n) is 33.3. The summed E-state index contributed by atoms with van der Waals surface area (Å²) in [5, 5.41) is 103. The van der Waals surface area contributed by atoms with E-state index in [0.717, 1.165) is 108 Å². The molecule has 12 saturated carbocycles. The Labute approximate surface area is 844 Å². The number of allylic oxidation sites excluding steroid dienone is 3.